The maximum Gasteiger partial charge on any atom is 0.415 e. The average molecular weight is 418 g/mol. The molecule has 2 aromatic heterocycles. The summed E-state index contributed by atoms with van der Waals surface area (Å²) in [6.07, 6.45) is 3.09. The van der Waals surface area contributed by atoms with E-state index in [1.807, 2.05) is 64.1 Å². The Morgan fingerprint density at radius 2 is 1.97 bits per heavy atom. The van der Waals surface area contributed by atoms with E-state index in [4.69, 9.17) is 13.9 Å². The zero-order valence-corrected chi connectivity index (χ0v) is 18.6. The third-order valence-corrected chi connectivity index (χ3v) is 4.36. The van der Waals surface area contributed by atoms with Gasteiger partial charge in [-0.1, -0.05) is 11.8 Å². The number of carbonyl (C=O) groups is 1. The van der Waals surface area contributed by atoms with Crippen molar-refractivity contribution in [3.63, 3.8) is 0 Å². The SMILES string of the molecule is COc1ccc2oc(/C=C/C#Cc3ccc(N(C)C(=O)OC(C)(C)C)nc3C)cc2c1. The monoisotopic (exact) mass is 418 g/mol. The number of amides is 1. The van der Waals surface area contributed by atoms with Crippen molar-refractivity contribution in [3.05, 3.63) is 59.5 Å². The molecule has 0 saturated heterocycles. The second-order valence-electron chi connectivity index (χ2n) is 8.00. The number of ether oxygens (including phenoxy) is 2. The van der Waals surface area contributed by atoms with Crippen LogP contribution in [0.1, 0.15) is 37.8 Å². The molecule has 0 aliphatic rings. The van der Waals surface area contributed by atoms with Gasteiger partial charge in [-0.3, -0.25) is 4.90 Å². The fourth-order valence-electron chi connectivity index (χ4n) is 2.78. The Morgan fingerprint density at radius 1 is 1.19 bits per heavy atom. The van der Waals surface area contributed by atoms with Gasteiger partial charge >= 0.3 is 6.09 Å². The standard InChI is InChI=1S/C25H26N2O4/c1-17-18(11-14-23(26-17)27(5)24(28)31-25(2,3)4)9-7-8-10-21-16-19-15-20(29-6)12-13-22(19)30-21/h8,10-16H,1-6H3/b10-8+. The Bertz CT molecular complexity index is 1190. The summed E-state index contributed by atoms with van der Waals surface area (Å²) in [5.41, 5.74) is 1.73. The van der Waals surface area contributed by atoms with E-state index in [0.717, 1.165) is 28.0 Å². The summed E-state index contributed by atoms with van der Waals surface area (Å²) in [6, 6.07) is 11.2. The van der Waals surface area contributed by atoms with Crippen LogP contribution in [0.5, 0.6) is 5.75 Å². The summed E-state index contributed by atoms with van der Waals surface area (Å²) < 4.78 is 16.4. The van der Waals surface area contributed by atoms with Gasteiger partial charge in [-0.05, 0) is 76.2 Å². The van der Waals surface area contributed by atoms with Crippen LogP contribution in [-0.4, -0.2) is 30.8 Å². The molecule has 0 bridgehead atoms. The normalized spacial score (nSPS) is 11.3. The topological polar surface area (TPSA) is 64.8 Å². The lowest BCUT2D eigenvalue weighted by molar-refractivity contribution is 0.0588. The smallest absolute Gasteiger partial charge is 0.415 e. The molecule has 0 N–H and O–H groups in total. The van der Waals surface area contributed by atoms with E-state index in [1.54, 1.807) is 26.3 Å². The molecule has 0 unspecified atom stereocenters. The zero-order valence-electron chi connectivity index (χ0n) is 18.6. The van der Waals surface area contributed by atoms with E-state index in [-0.39, 0.29) is 0 Å². The second kappa shape index (κ2) is 8.97. The first kappa shape index (κ1) is 22.0. The molecule has 1 aromatic carbocycles. The maximum absolute atomic E-state index is 12.2. The van der Waals surface area contributed by atoms with Crippen molar-refractivity contribution in [1.82, 2.24) is 4.98 Å². The van der Waals surface area contributed by atoms with Crippen LogP contribution in [-0.2, 0) is 4.74 Å². The molecule has 0 atom stereocenters. The van der Waals surface area contributed by atoms with E-state index in [9.17, 15) is 4.79 Å². The lowest BCUT2D eigenvalue weighted by atomic mass is 10.2. The highest BCUT2D eigenvalue weighted by Gasteiger charge is 2.21. The highest BCUT2D eigenvalue weighted by atomic mass is 16.6. The highest BCUT2D eigenvalue weighted by molar-refractivity contribution is 5.86. The van der Waals surface area contributed by atoms with Crippen molar-refractivity contribution >= 4 is 29.0 Å². The van der Waals surface area contributed by atoms with Gasteiger partial charge in [0.15, 0.2) is 0 Å². The van der Waals surface area contributed by atoms with Gasteiger partial charge in [0.25, 0.3) is 0 Å². The lowest BCUT2D eigenvalue weighted by Crippen LogP contribution is -2.34. The van der Waals surface area contributed by atoms with Gasteiger partial charge in [-0.2, -0.15) is 0 Å². The molecule has 0 aliphatic carbocycles. The molecular formula is C25H26N2O4. The van der Waals surface area contributed by atoms with Crippen LogP contribution in [0.3, 0.4) is 0 Å². The number of methoxy groups -OCH3 is 1. The average Bonchev–Trinajstić information content (AvgIpc) is 3.12. The zero-order chi connectivity index (χ0) is 22.6. The molecule has 0 spiro atoms. The largest absolute Gasteiger partial charge is 0.497 e. The van der Waals surface area contributed by atoms with Gasteiger partial charge in [0, 0.05) is 18.0 Å². The van der Waals surface area contributed by atoms with E-state index in [2.05, 4.69) is 16.8 Å². The Hall–Kier alpha value is -3.72. The summed E-state index contributed by atoms with van der Waals surface area (Å²) in [7, 11) is 3.27. The molecule has 3 aromatic rings. The van der Waals surface area contributed by atoms with Crippen LogP contribution < -0.4 is 9.64 Å². The Balaban J connectivity index is 1.70. The molecule has 31 heavy (non-hydrogen) atoms. The van der Waals surface area contributed by atoms with Crippen LogP contribution in [0.25, 0.3) is 17.0 Å². The van der Waals surface area contributed by atoms with Crippen molar-refractivity contribution in [3.8, 4) is 17.6 Å². The predicted molar refractivity (Wildman–Crippen MR) is 122 cm³/mol. The molecule has 2 heterocycles. The van der Waals surface area contributed by atoms with Gasteiger partial charge in [-0.15, -0.1) is 0 Å². The highest BCUT2D eigenvalue weighted by Crippen LogP contribution is 2.24. The number of rotatable bonds is 3. The summed E-state index contributed by atoms with van der Waals surface area (Å²) in [5, 5.41) is 0.969. The van der Waals surface area contributed by atoms with Crippen molar-refractivity contribution < 1.29 is 18.7 Å². The quantitative estimate of drug-likeness (QED) is 0.520. The Labute approximate surface area is 182 Å². The minimum Gasteiger partial charge on any atom is -0.497 e. The summed E-state index contributed by atoms with van der Waals surface area (Å²) in [6.45, 7) is 7.33. The summed E-state index contributed by atoms with van der Waals surface area (Å²) in [5.74, 6) is 8.07. The number of nitrogens with zero attached hydrogens (tertiary/aromatic N) is 2. The minimum atomic E-state index is -0.565. The number of hydrogen-bond donors (Lipinski definition) is 0. The van der Waals surface area contributed by atoms with Crippen molar-refractivity contribution in [2.75, 3.05) is 19.1 Å². The number of furan rings is 1. The molecule has 3 rings (SSSR count). The third kappa shape index (κ3) is 5.67. The summed E-state index contributed by atoms with van der Waals surface area (Å²) >= 11 is 0. The van der Waals surface area contributed by atoms with Gasteiger partial charge in [0.1, 0.15) is 28.5 Å². The first-order chi connectivity index (χ1) is 14.7. The fraction of sp³-hybridized carbons (Fsp3) is 0.280. The number of carbonyl (C=O) groups excluding carboxylic acids is 1. The second-order valence-corrected chi connectivity index (χ2v) is 8.00. The summed E-state index contributed by atoms with van der Waals surface area (Å²) in [4.78, 5) is 18.1. The lowest BCUT2D eigenvalue weighted by Gasteiger charge is -2.24. The molecule has 0 radical (unpaired) electrons. The number of anilines is 1. The van der Waals surface area contributed by atoms with Crippen LogP contribution in [0.2, 0.25) is 0 Å². The minimum absolute atomic E-state index is 0.454. The van der Waals surface area contributed by atoms with Crippen molar-refractivity contribution in [2.45, 2.75) is 33.3 Å². The molecule has 6 heteroatoms. The number of fused-ring (bicyclic) bond motifs is 1. The number of allylic oxidation sites excluding steroid dienone is 1. The van der Waals surface area contributed by atoms with Gasteiger partial charge in [0.2, 0.25) is 0 Å². The predicted octanol–water partition coefficient (Wildman–Crippen LogP) is 5.58. The van der Waals surface area contributed by atoms with Crippen molar-refractivity contribution in [1.29, 1.82) is 0 Å². The van der Waals surface area contributed by atoms with Gasteiger partial charge in [0.05, 0.1) is 12.8 Å². The molecule has 0 aliphatic heterocycles. The number of hydrogen-bond acceptors (Lipinski definition) is 5. The fourth-order valence-corrected chi connectivity index (χ4v) is 2.78. The molecule has 0 fully saturated rings. The van der Waals surface area contributed by atoms with Crippen molar-refractivity contribution in [2.24, 2.45) is 0 Å². The van der Waals surface area contributed by atoms with E-state index >= 15 is 0 Å². The maximum atomic E-state index is 12.2. The van der Waals surface area contributed by atoms with Gasteiger partial charge in [-0.25, -0.2) is 9.78 Å². The Kier molecular flexibility index (Phi) is 6.36. The van der Waals surface area contributed by atoms with Gasteiger partial charge < -0.3 is 13.9 Å². The van der Waals surface area contributed by atoms with Crippen LogP contribution in [0, 0.1) is 18.8 Å². The molecule has 160 valence electrons. The number of pyridine rings is 1. The Morgan fingerprint density at radius 3 is 2.65 bits per heavy atom. The molecular weight excluding hydrogens is 392 g/mol. The number of benzene rings is 1. The first-order valence-corrected chi connectivity index (χ1v) is 9.86. The van der Waals surface area contributed by atoms with E-state index in [1.165, 1.54) is 4.90 Å². The number of aryl methyl sites for hydroxylation is 1. The van der Waals surface area contributed by atoms with Crippen LogP contribution >= 0.6 is 0 Å². The molecule has 6 nitrogen and oxygen atoms in total. The molecule has 1 amide bonds. The number of aromatic nitrogens is 1. The molecule has 0 saturated carbocycles. The first-order valence-electron chi connectivity index (χ1n) is 9.86. The van der Waals surface area contributed by atoms with Crippen LogP contribution in [0.15, 0.2) is 46.9 Å². The van der Waals surface area contributed by atoms with Crippen LogP contribution in [0.4, 0.5) is 10.6 Å². The van der Waals surface area contributed by atoms with E-state index in [0.29, 0.717) is 11.6 Å². The third-order valence-electron chi connectivity index (χ3n) is 4.36. The van der Waals surface area contributed by atoms with E-state index < -0.39 is 11.7 Å².